The van der Waals surface area contributed by atoms with Crippen LogP contribution in [0, 0.1) is 17.2 Å². The van der Waals surface area contributed by atoms with Crippen LogP contribution in [-0.2, 0) is 19.1 Å². The van der Waals surface area contributed by atoms with Gasteiger partial charge in [-0.05, 0) is 87.3 Å². The second kappa shape index (κ2) is 9.98. The van der Waals surface area contributed by atoms with Crippen LogP contribution in [0.25, 0.3) is 0 Å². The lowest BCUT2D eigenvalue weighted by Gasteiger charge is -2.34. The molecule has 2 aliphatic rings. The SMILES string of the molecule is CC1(C)C(=O)N(c2ccc(C#N)c(Cl)c2)C(=S)N1c1ccc(N2CCC(COS(C)(=O)=O)CC2)cc1. The molecule has 36 heavy (non-hydrogen) atoms. The first kappa shape index (κ1) is 26.4. The molecule has 0 aliphatic carbocycles. The van der Waals surface area contributed by atoms with E-state index < -0.39 is 15.7 Å². The minimum Gasteiger partial charge on any atom is -0.372 e. The van der Waals surface area contributed by atoms with E-state index in [1.165, 1.54) is 4.90 Å². The maximum atomic E-state index is 13.4. The number of carbonyl (C=O) groups is 1. The van der Waals surface area contributed by atoms with Gasteiger partial charge in [0, 0.05) is 24.5 Å². The second-order valence-corrected chi connectivity index (χ2v) is 11.9. The van der Waals surface area contributed by atoms with Gasteiger partial charge >= 0.3 is 0 Å². The Bertz CT molecular complexity index is 1330. The summed E-state index contributed by atoms with van der Waals surface area (Å²) in [5.41, 5.74) is 1.77. The molecule has 2 heterocycles. The van der Waals surface area contributed by atoms with Crippen LogP contribution in [0.2, 0.25) is 5.02 Å². The fourth-order valence-electron chi connectivity index (χ4n) is 4.58. The number of hydrogen-bond donors (Lipinski definition) is 0. The van der Waals surface area contributed by atoms with E-state index in [0.717, 1.165) is 43.6 Å². The van der Waals surface area contributed by atoms with E-state index in [1.54, 1.807) is 18.2 Å². The molecule has 0 spiro atoms. The van der Waals surface area contributed by atoms with E-state index in [4.69, 9.17) is 33.3 Å². The number of amides is 1. The van der Waals surface area contributed by atoms with E-state index >= 15 is 0 Å². The Morgan fingerprint density at radius 3 is 2.25 bits per heavy atom. The lowest BCUT2D eigenvalue weighted by Crippen LogP contribution is -2.44. The van der Waals surface area contributed by atoms with Crippen LogP contribution >= 0.6 is 23.8 Å². The third-order valence-corrected chi connectivity index (χ3v) is 7.85. The van der Waals surface area contributed by atoms with Crippen LogP contribution in [0.15, 0.2) is 42.5 Å². The molecule has 2 saturated heterocycles. The van der Waals surface area contributed by atoms with Crippen LogP contribution in [0.1, 0.15) is 32.3 Å². The van der Waals surface area contributed by atoms with Gasteiger partial charge in [0.1, 0.15) is 11.6 Å². The quantitative estimate of drug-likeness (QED) is 0.390. The molecule has 0 N–H and O–H groups in total. The zero-order valence-corrected chi connectivity index (χ0v) is 22.7. The first-order valence-electron chi connectivity index (χ1n) is 11.5. The number of halogens is 1. The van der Waals surface area contributed by atoms with Gasteiger partial charge in [-0.25, -0.2) is 0 Å². The van der Waals surface area contributed by atoms with Crippen LogP contribution < -0.4 is 14.7 Å². The molecule has 2 aromatic carbocycles. The van der Waals surface area contributed by atoms with Gasteiger partial charge in [-0.3, -0.25) is 13.9 Å². The van der Waals surface area contributed by atoms with E-state index in [2.05, 4.69) is 4.90 Å². The van der Waals surface area contributed by atoms with Gasteiger partial charge in [0.05, 0.1) is 29.1 Å². The van der Waals surface area contributed by atoms with Crippen molar-refractivity contribution in [3.63, 3.8) is 0 Å². The highest BCUT2D eigenvalue weighted by Gasteiger charge is 2.50. The van der Waals surface area contributed by atoms with Crippen molar-refractivity contribution in [1.29, 1.82) is 5.26 Å². The van der Waals surface area contributed by atoms with Crippen LogP contribution in [-0.4, -0.2) is 50.9 Å². The van der Waals surface area contributed by atoms with Crippen molar-refractivity contribution in [3.05, 3.63) is 53.1 Å². The van der Waals surface area contributed by atoms with Crippen molar-refractivity contribution < 1.29 is 17.4 Å². The molecule has 2 fully saturated rings. The molecule has 0 saturated carbocycles. The summed E-state index contributed by atoms with van der Waals surface area (Å²) in [6, 6.07) is 14.8. The highest BCUT2D eigenvalue weighted by molar-refractivity contribution is 7.86. The highest BCUT2D eigenvalue weighted by Crippen LogP contribution is 2.38. The maximum absolute atomic E-state index is 13.4. The molecule has 0 bridgehead atoms. The average molecular weight is 547 g/mol. The van der Waals surface area contributed by atoms with Crippen molar-refractivity contribution in [3.8, 4) is 6.07 Å². The zero-order chi connectivity index (χ0) is 26.3. The molecule has 4 rings (SSSR count). The smallest absolute Gasteiger partial charge is 0.264 e. The predicted molar refractivity (Wildman–Crippen MR) is 145 cm³/mol. The Morgan fingerprint density at radius 2 is 1.69 bits per heavy atom. The number of rotatable bonds is 6. The average Bonchev–Trinajstić information content (AvgIpc) is 3.01. The third-order valence-electron chi connectivity index (χ3n) is 6.60. The molecule has 2 aromatic rings. The number of piperidine rings is 1. The van der Waals surface area contributed by atoms with Crippen LogP contribution in [0.5, 0.6) is 0 Å². The summed E-state index contributed by atoms with van der Waals surface area (Å²) >= 11 is 11.9. The van der Waals surface area contributed by atoms with Crippen LogP contribution in [0.3, 0.4) is 0 Å². The van der Waals surface area contributed by atoms with Gasteiger partial charge in [0.15, 0.2) is 5.11 Å². The van der Waals surface area contributed by atoms with E-state index in [-0.39, 0.29) is 23.5 Å². The molecule has 1 amide bonds. The van der Waals surface area contributed by atoms with Crippen molar-refractivity contribution in [1.82, 2.24) is 0 Å². The standard InChI is InChI=1S/C25H27ClN4O4S2/c1-25(2)23(31)29(21-5-4-18(15-27)22(26)14-21)24(35)30(25)20-8-6-19(7-9-20)28-12-10-17(11-13-28)16-34-36(3,32)33/h4-9,14,17H,10-13,16H2,1-3H3. The summed E-state index contributed by atoms with van der Waals surface area (Å²) in [5, 5.41) is 9.76. The van der Waals surface area contributed by atoms with Crippen LogP contribution in [0.4, 0.5) is 17.1 Å². The number of nitrogens with zero attached hydrogens (tertiary/aromatic N) is 4. The molecule has 11 heteroatoms. The number of benzene rings is 2. The topological polar surface area (TPSA) is 93.9 Å². The Balaban J connectivity index is 1.49. The van der Waals surface area contributed by atoms with Gasteiger partial charge in [0.25, 0.3) is 16.0 Å². The molecule has 0 atom stereocenters. The van der Waals surface area contributed by atoms with E-state index in [1.807, 2.05) is 49.1 Å². The van der Waals surface area contributed by atoms with E-state index in [9.17, 15) is 13.2 Å². The number of carbonyl (C=O) groups excluding carboxylic acids is 1. The van der Waals surface area contributed by atoms with Gasteiger partial charge in [-0.2, -0.15) is 13.7 Å². The molecule has 0 radical (unpaired) electrons. The lowest BCUT2D eigenvalue weighted by atomic mass is 9.97. The maximum Gasteiger partial charge on any atom is 0.264 e. The third kappa shape index (κ3) is 5.20. The minimum absolute atomic E-state index is 0.185. The fourth-order valence-corrected chi connectivity index (χ4v) is 5.76. The summed E-state index contributed by atoms with van der Waals surface area (Å²) in [7, 11) is -3.42. The number of hydrogen-bond acceptors (Lipinski definition) is 7. The van der Waals surface area contributed by atoms with Crippen molar-refractivity contribution >= 4 is 62.0 Å². The molecular weight excluding hydrogens is 520 g/mol. The highest BCUT2D eigenvalue weighted by atomic mass is 35.5. The number of nitriles is 1. The first-order valence-corrected chi connectivity index (χ1v) is 14.1. The van der Waals surface area contributed by atoms with Crippen molar-refractivity contribution in [2.45, 2.75) is 32.2 Å². The molecule has 0 unspecified atom stereocenters. The van der Waals surface area contributed by atoms with Gasteiger partial charge in [-0.1, -0.05) is 11.6 Å². The fraction of sp³-hybridized carbons (Fsp3) is 0.400. The molecule has 190 valence electrons. The first-order chi connectivity index (χ1) is 16.9. The second-order valence-electron chi connectivity index (χ2n) is 9.53. The van der Waals surface area contributed by atoms with E-state index in [0.29, 0.717) is 16.4 Å². The summed E-state index contributed by atoms with van der Waals surface area (Å²) in [4.78, 5) is 18.9. The largest absolute Gasteiger partial charge is 0.372 e. The molecule has 0 aromatic heterocycles. The number of anilines is 3. The van der Waals surface area contributed by atoms with Crippen molar-refractivity contribution in [2.75, 3.05) is 40.7 Å². The Hall–Kier alpha value is -2.71. The Labute approximate surface area is 222 Å². The summed E-state index contributed by atoms with van der Waals surface area (Å²) in [5.74, 6) is 0.0291. The van der Waals surface area contributed by atoms with Gasteiger partial charge in [0.2, 0.25) is 0 Å². The summed E-state index contributed by atoms with van der Waals surface area (Å²) < 4.78 is 27.5. The number of thiocarbonyl (C=S) groups is 1. The van der Waals surface area contributed by atoms with Crippen molar-refractivity contribution in [2.24, 2.45) is 5.92 Å². The Morgan fingerprint density at radius 1 is 1.11 bits per heavy atom. The summed E-state index contributed by atoms with van der Waals surface area (Å²) in [6.45, 7) is 5.48. The molecule has 8 nitrogen and oxygen atoms in total. The zero-order valence-electron chi connectivity index (χ0n) is 20.3. The molecule has 2 aliphatic heterocycles. The Kier molecular flexibility index (Phi) is 7.30. The normalized spacial score (nSPS) is 18.6. The minimum atomic E-state index is -3.42. The molecular formula is C25H27ClN4O4S2. The predicted octanol–water partition coefficient (Wildman–Crippen LogP) is 4.32. The van der Waals surface area contributed by atoms with Gasteiger partial charge < -0.3 is 9.80 Å². The monoisotopic (exact) mass is 546 g/mol. The lowest BCUT2D eigenvalue weighted by molar-refractivity contribution is -0.120. The van der Waals surface area contributed by atoms with Gasteiger partial charge in [-0.15, -0.1) is 0 Å². The summed E-state index contributed by atoms with van der Waals surface area (Å²) in [6.07, 6.45) is 2.76.